The van der Waals surface area contributed by atoms with Crippen LogP contribution in [0.15, 0.2) is 52.5 Å². The second-order valence-corrected chi connectivity index (χ2v) is 9.97. The lowest BCUT2D eigenvalue weighted by Gasteiger charge is -2.26. The molecule has 1 aromatic carbocycles. The number of hydrogen-bond donors (Lipinski definition) is 1. The lowest BCUT2D eigenvalue weighted by molar-refractivity contribution is -0.137. The number of halogens is 3. The molecule has 3 rings (SSSR count). The summed E-state index contributed by atoms with van der Waals surface area (Å²) in [6.45, 7) is 2.85. The lowest BCUT2D eigenvalue weighted by Crippen LogP contribution is -2.40. The van der Waals surface area contributed by atoms with Gasteiger partial charge in [-0.25, -0.2) is 13.4 Å². The summed E-state index contributed by atoms with van der Waals surface area (Å²) >= 11 is 1.01. The van der Waals surface area contributed by atoms with E-state index in [0.717, 1.165) is 24.0 Å². The van der Waals surface area contributed by atoms with Gasteiger partial charge in [0.2, 0.25) is 15.9 Å². The zero-order valence-corrected chi connectivity index (χ0v) is 18.1. The summed E-state index contributed by atoms with van der Waals surface area (Å²) in [5.41, 5.74) is -0.458. The van der Waals surface area contributed by atoms with Gasteiger partial charge in [-0.1, -0.05) is 11.8 Å². The Morgan fingerprint density at radius 3 is 2.35 bits per heavy atom. The Morgan fingerprint density at radius 1 is 1.16 bits per heavy atom. The Kier molecular flexibility index (Phi) is 7.24. The van der Waals surface area contributed by atoms with E-state index < -0.39 is 32.9 Å². The quantitative estimate of drug-likeness (QED) is 0.646. The minimum Gasteiger partial charge on any atom is -0.379 e. The highest BCUT2D eigenvalue weighted by molar-refractivity contribution is 8.00. The number of hydrogen-bond acceptors (Lipinski definition) is 6. The van der Waals surface area contributed by atoms with Crippen LogP contribution in [0.4, 0.5) is 18.9 Å². The second kappa shape index (κ2) is 9.55. The molecule has 168 valence electrons. The molecule has 1 fully saturated rings. The molecule has 1 aromatic heterocycles. The fourth-order valence-corrected chi connectivity index (χ4v) is 4.94. The van der Waals surface area contributed by atoms with Crippen molar-refractivity contribution in [2.75, 3.05) is 31.6 Å². The first-order valence-electron chi connectivity index (χ1n) is 9.26. The van der Waals surface area contributed by atoms with Crippen molar-refractivity contribution in [3.05, 3.63) is 48.2 Å². The van der Waals surface area contributed by atoms with E-state index >= 15 is 0 Å². The summed E-state index contributed by atoms with van der Waals surface area (Å²) in [5, 5.41) is 2.30. The zero-order valence-electron chi connectivity index (χ0n) is 16.4. The molecule has 1 saturated heterocycles. The van der Waals surface area contributed by atoms with Crippen molar-refractivity contribution in [2.45, 2.75) is 28.3 Å². The monoisotopic (exact) mass is 475 g/mol. The van der Waals surface area contributed by atoms with E-state index in [2.05, 4.69) is 10.3 Å². The Balaban J connectivity index is 1.59. The summed E-state index contributed by atoms with van der Waals surface area (Å²) in [6.07, 6.45) is -3.75. The molecule has 0 saturated carbocycles. The number of pyridine rings is 1. The smallest absolute Gasteiger partial charge is 0.379 e. The maximum Gasteiger partial charge on any atom is 0.417 e. The predicted molar refractivity (Wildman–Crippen MR) is 109 cm³/mol. The SMILES string of the molecule is CC(Sc1ccc(C(F)(F)F)cn1)C(=O)Nc1ccc(S(=O)(=O)N2CCOCC2)cc1. The minimum atomic E-state index is -4.47. The highest BCUT2D eigenvalue weighted by atomic mass is 32.2. The molecule has 1 atom stereocenters. The van der Waals surface area contributed by atoms with Gasteiger partial charge in [0.25, 0.3) is 0 Å². The van der Waals surface area contributed by atoms with Crippen LogP contribution in [0.2, 0.25) is 0 Å². The molecule has 2 heterocycles. The van der Waals surface area contributed by atoms with Crippen LogP contribution in [0.5, 0.6) is 0 Å². The molecule has 1 N–H and O–H groups in total. The number of benzene rings is 1. The zero-order chi connectivity index (χ0) is 22.6. The average molecular weight is 476 g/mol. The van der Waals surface area contributed by atoms with Crippen LogP contribution >= 0.6 is 11.8 Å². The molecule has 2 aromatic rings. The van der Waals surface area contributed by atoms with Crippen molar-refractivity contribution in [1.29, 1.82) is 0 Å². The first-order valence-corrected chi connectivity index (χ1v) is 11.6. The van der Waals surface area contributed by atoms with Gasteiger partial charge in [0, 0.05) is 25.0 Å². The molecule has 12 heteroatoms. The van der Waals surface area contributed by atoms with Gasteiger partial charge in [-0.3, -0.25) is 4.79 Å². The summed E-state index contributed by atoms with van der Waals surface area (Å²) < 4.78 is 69.6. The van der Waals surface area contributed by atoms with Gasteiger partial charge >= 0.3 is 6.18 Å². The summed E-state index contributed by atoms with van der Waals surface area (Å²) in [7, 11) is -3.63. The number of thioether (sulfide) groups is 1. The number of amides is 1. The third kappa shape index (κ3) is 5.97. The minimum absolute atomic E-state index is 0.115. The summed E-state index contributed by atoms with van der Waals surface area (Å²) in [4.78, 5) is 16.2. The van der Waals surface area contributed by atoms with E-state index in [1.807, 2.05) is 0 Å². The number of aromatic nitrogens is 1. The fraction of sp³-hybridized carbons (Fsp3) is 0.368. The van der Waals surface area contributed by atoms with Crippen molar-refractivity contribution in [3.8, 4) is 0 Å². The van der Waals surface area contributed by atoms with Gasteiger partial charge in [0.1, 0.15) is 0 Å². The van der Waals surface area contributed by atoms with Gasteiger partial charge < -0.3 is 10.1 Å². The van der Waals surface area contributed by atoms with Crippen molar-refractivity contribution in [1.82, 2.24) is 9.29 Å². The van der Waals surface area contributed by atoms with Gasteiger partial charge in [-0.2, -0.15) is 17.5 Å². The number of nitrogens with zero attached hydrogens (tertiary/aromatic N) is 2. The first kappa shape index (κ1) is 23.5. The summed E-state index contributed by atoms with van der Waals surface area (Å²) in [6, 6.07) is 7.92. The Bertz CT molecular complexity index is 1010. The van der Waals surface area contributed by atoms with Crippen LogP contribution in [0.3, 0.4) is 0 Å². The van der Waals surface area contributed by atoms with E-state index in [1.165, 1.54) is 34.6 Å². The van der Waals surface area contributed by atoms with Crippen LogP contribution in [0.25, 0.3) is 0 Å². The van der Waals surface area contributed by atoms with Crippen molar-refractivity contribution < 1.29 is 31.1 Å². The molecule has 0 bridgehead atoms. The fourth-order valence-electron chi connectivity index (χ4n) is 2.74. The Morgan fingerprint density at radius 2 is 1.81 bits per heavy atom. The number of alkyl halides is 3. The number of nitrogens with one attached hydrogen (secondary N) is 1. The number of carbonyl (C=O) groups is 1. The number of ether oxygens (including phenoxy) is 1. The third-order valence-corrected chi connectivity index (χ3v) is 7.42. The molecule has 1 aliphatic heterocycles. The first-order chi connectivity index (χ1) is 14.6. The molecule has 1 unspecified atom stereocenters. The number of morpholine rings is 1. The Labute approximate surface area is 182 Å². The lowest BCUT2D eigenvalue weighted by atomic mass is 10.3. The van der Waals surface area contributed by atoms with Crippen molar-refractivity contribution >= 4 is 33.4 Å². The summed E-state index contributed by atoms with van der Waals surface area (Å²) in [5.74, 6) is -0.393. The van der Waals surface area contributed by atoms with Crippen LogP contribution in [0.1, 0.15) is 12.5 Å². The molecule has 0 radical (unpaired) electrons. The normalized spacial score (nSPS) is 16.6. The van der Waals surface area contributed by atoms with Gasteiger partial charge in [0.15, 0.2) is 0 Å². The number of anilines is 1. The molecular weight excluding hydrogens is 455 g/mol. The Hall–Kier alpha value is -2.15. The van der Waals surface area contributed by atoms with E-state index in [1.54, 1.807) is 6.92 Å². The largest absolute Gasteiger partial charge is 0.417 e. The molecule has 1 amide bonds. The van der Waals surface area contributed by atoms with Gasteiger partial charge in [-0.05, 0) is 43.3 Å². The molecule has 0 spiro atoms. The van der Waals surface area contributed by atoms with E-state index in [4.69, 9.17) is 4.74 Å². The van der Waals surface area contributed by atoms with Crippen LogP contribution in [-0.4, -0.2) is 55.2 Å². The molecular formula is C19H20F3N3O4S2. The maximum absolute atomic E-state index is 12.6. The number of sulfonamides is 1. The maximum atomic E-state index is 12.6. The topological polar surface area (TPSA) is 88.6 Å². The second-order valence-electron chi connectivity index (χ2n) is 6.67. The van der Waals surface area contributed by atoms with Crippen molar-refractivity contribution in [3.63, 3.8) is 0 Å². The molecule has 31 heavy (non-hydrogen) atoms. The number of carbonyl (C=O) groups excluding carboxylic acids is 1. The van der Waals surface area contributed by atoms with Gasteiger partial charge in [-0.15, -0.1) is 0 Å². The van der Waals surface area contributed by atoms with E-state index in [9.17, 15) is 26.4 Å². The third-order valence-electron chi connectivity index (χ3n) is 4.46. The van der Waals surface area contributed by atoms with Gasteiger partial charge in [0.05, 0.1) is 33.9 Å². The average Bonchev–Trinajstić information content (AvgIpc) is 2.74. The number of rotatable bonds is 6. The van der Waals surface area contributed by atoms with Crippen LogP contribution in [0, 0.1) is 0 Å². The van der Waals surface area contributed by atoms with Crippen LogP contribution in [-0.2, 0) is 25.7 Å². The molecule has 1 aliphatic rings. The molecule has 7 nitrogen and oxygen atoms in total. The van der Waals surface area contributed by atoms with E-state index in [-0.39, 0.29) is 23.0 Å². The standard InChI is InChI=1S/C19H20F3N3O4S2/c1-13(30-17-7-2-14(12-23-17)19(20,21)22)18(26)24-15-3-5-16(6-4-15)31(27,28)25-8-10-29-11-9-25/h2-7,12-13H,8-11H2,1H3,(H,24,26). The highest BCUT2D eigenvalue weighted by Gasteiger charge is 2.31. The van der Waals surface area contributed by atoms with Crippen LogP contribution < -0.4 is 5.32 Å². The van der Waals surface area contributed by atoms with Crippen molar-refractivity contribution in [2.24, 2.45) is 0 Å². The molecule has 0 aliphatic carbocycles. The highest BCUT2D eigenvalue weighted by Crippen LogP contribution is 2.30. The van der Waals surface area contributed by atoms with E-state index in [0.29, 0.717) is 18.9 Å². The predicted octanol–water partition coefficient (Wildman–Crippen LogP) is 3.24.